The van der Waals surface area contributed by atoms with Crippen LogP contribution in [0.4, 0.5) is 0 Å². The van der Waals surface area contributed by atoms with Crippen molar-refractivity contribution >= 4 is 11.9 Å². The van der Waals surface area contributed by atoms with Gasteiger partial charge in [-0.25, -0.2) is 4.79 Å². The second kappa shape index (κ2) is 14.0. The van der Waals surface area contributed by atoms with Gasteiger partial charge in [-0.15, -0.1) is 0 Å². The van der Waals surface area contributed by atoms with Crippen LogP contribution in [-0.2, 0) is 22.6 Å². The number of carboxylic acids is 1. The molecule has 12 heteroatoms. The minimum absolute atomic E-state index is 0.0565. The number of aliphatic hydroxyl groups excluding tert-OH is 6. The fourth-order valence-corrected chi connectivity index (χ4v) is 3.38. The number of ether oxygens (including phenoxy) is 2. The van der Waals surface area contributed by atoms with Crippen molar-refractivity contribution in [1.29, 1.82) is 0 Å². The fraction of sp³-hybridized carbons (Fsp3) is 0.565. The van der Waals surface area contributed by atoms with Crippen molar-refractivity contribution in [2.45, 2.75) is 64.1 Å². The first-order chi connectivity index (χ1) is 16.4. The molecule has 0 aromatic heterocycles. The van der Waals surface area contributed by atoms with Crippen LogP contribution in [0.3, 0.4) is 0 Å². The number of hydrogen-bond donors (Lipinski definition) is 8. The second-order valence-electron chi connectivity index (χ2n) is 8.04. The number of aliphatic hydroxyl groups is 6. The van der Waals surface area contributed by atoms with Gasteiger partial charge in [0.05, 0.1) is 20.3 Å². The Morgan fingerprint density at radius 3 is 2.09 bits per heavy atom. The van der Waals surface area contributed by atoms with E-state index in [4.69, 9.17) is 45.2 Å². The van der Waals surface area contributed by atoms with Crippen LogP contribution in [0.25, 0.3) is 0 Å². The molecule has 35 heavy (non-hydrogen) atoms. The van der Waals surface area contributed by atoms with E-state index in [9.17, 15) is 14.7 Å². The maximum atomic E-state index is 11.8. The van der Waals surface area contributed by atoms with Crippen molar-refractivity contribution < 1.29 is 59.9 Å². The third kappa shape index (κ3) is 7.88. The van der Waals surface area contributed by atoms with E-state index < -0.39 is 49.6 Å². The van der Waals surface area contributed by atoms with Crippen LogP contribution in [0.2, 0.25) is 0 Å². The molecule has 12 nitrogen and oxygen atoms in total. The Balaban J connectivity index is 0.000000434. The van der Waals surface area contributed by atoms with Gasteiger partial charge < -0.3 is 50.3 Å². The summed E-state index contributed by atoms with van der Waals surface area (Å²) in [7, 11) is 1.51. The lowest BCUT2D eigenvalue weighted by Crippen LogP contribution is -2.46. The predicted octanol–water partition coefficient (Wildman–Crippen LogP) is -0.852. The Morgan fingerprint density at radius 2 is 1.63 bits per heavy atom. The van der Waals surface area contributed by atoms with Crippen molar-refractivity contribution in [2.24, 2.45) is 0 Å². The highest BCUT2D eigenvalue weighted by Gasteiger charge is 2.32. The minimum atomic E-state index is -1.67. The number of aromatic hydroxyl groups is 1. The van der Waals surface area contributed by atoms with Crippen LogP contribution in [0, 0.1) is 6.92 Å². The number of esters is 1. The molecule has 1 heterocycles. The van der Waals surface area contributed by atoms with Crippen molar-refractivity contribution in [3.63, 3.8) is 0 Å². The summed E-state index contributed by atoms with van der Waals surface area (Å²) < 4.78 is 10.4. The number of fused-ring (bicyclic) bond motifs is 1. The van der Waals surface area contributed by atoms with Crippen molar-refractivity contribution in [2.75, 3.05) is 20.3 Å². The maximum absolute atomic E-state index is 11.8. The zero-order valence-corrected chi connectivity index (χ0v) is 19.8. The molecule has 0 aliphatic carbocycles. The van der Waals surface area contributed by atoms with Crippen molar-refractivity contribution in [3.05, 3.63) is 33.9 Å². The predicted molar refractivity (Wildman–Crippen MR) is 121 cm³/mol. The number of carbonyl (C=O) groups is 2. The molecule has 8 N–H and O–H groups in total. The number of aliphatic carboxylic acids is 1. The zero-order valence-electron chi connectivity index (χ0n) is 19.8. The summed E-state index contributed by atoms with van der Waals surface area (Å²) in [6.07, 6.45) is -3.71. The second-order valence-corrected chi connectivity index (χ2v) is 8.04. The summed E-state index contributed by atoms with van der Waals surface area (Å²) >= 11 is 0. The Hall–Kier alpha value is -2.74. The monoisotopic (exact) mass is 502 g/mol. The highest BCUT2D eigenvalue weighted by Crippen LogP contribution is 2.42. The van der Waals surface area contributed by atoms with Crippen molar-refractivity contribution in [1.82, 2.24) is 0 Å². The molecule has 198 valence electrons. The van der Waals surface area contributed by atoms with Gasteiger partial charge in [0.25, 0.3) is 0 Å². The van der Waals surface area contributed by atoms with Crippen molar-refractivity contribution in [3.8, 4) is 11.5 Å². The van der Waals surface area contributed by atoms with Crippen LogP contribution in [0.5, 0.6) is 11.5 Å². The summed E-state index contributed by atoms with van der Waals surface area (Å²) in [5.74, 6) is -0.973. The van der Waals surface area contributed by atoms with E-state index in [2.05, 4.69) is 0 Å². The maximum Gasteiger partial charge on any atom is 0.342 e. The number of hydrogen-bond acceptors (Lipinski definition) is 11. The number of methoxy groups -OCH3 is 1. The molecule has 1 aliphatic heterocycles. The molecule has 4 atom stereocenters. The van der Waals surface area contributed by atoms with Crippen LogP contribution in [0.1, 0.15) is 46.8 Å². The molecule has 0 radical (unpaired) electrons. The highest BCUT2D eigenvalue weighted by molar-refractivity contribution is 5.98. The number of carbonyl (C=O) groups excluding carboxylic acids is 1. The summed E-state index contributed by atoms with van der Waals surface area (Å²) in [5, 5.41) is 71.3. The molecule has 0 bridgehead atoms. The zero-order chi connectivity index (χ0) is 26.9. The van der Waals surface area contributed by atoms with E-state index >= 15 is 0 Å². The van der Waals surface area contributed by atoms with Crippen LogP contribution >= 0.6 is 0 Å². The van der Waals surface area contributed by atoms with Gasteiger partial charge in [-0.3, -0.25) is 4.79 Å². The largest absolute Gasteiger partial charge is 0.507 e. The summed E-state index contributed by atoms with van der Waals surface area (Å²) in [5.41, 5.74) is 3.04. The molecule has 0 spiro atoms. The fourth-order valence-electron chi connectivity index (χ4n) is 3.38. The van der Waals surface area contributed by atoms with Crippen LogP contribution in [-0.4, -0.2) is 97.5 Å². The van der Waals surface area contributed by atoms with E-state index in [1.54, 1.807) is 0 Å². The Labute approximate surface area is 202 Å². The molecule has 2 rings (SSSR count). The molecule has 1 aromatic carbocycles. The number of allylic oxidation sites excluding steroid dienone is 2. The first-order valence-corrected chi connectivity index (χ1v) is 10.8. The molecule has 0 saturated carbocycles. The average molecular weight is 503 g/mol. The number of cyclic esters (lactones) is 1. The van der Waals surface area contributed by atoms with Crippen LogP contribution in [0.15, 0.2) is 11.6 Å². The third-order valence-corrected chi connectivity index (χ3v) is 5.55. The third-order valence-electron chi connectivity index (χ3n) is 5.55. The lowest BCUT2D eigenvalue weighted by molar-refractivity contribution is -0.136. The van der Waals surface area contributed by atoms with E-state index in [0.29, 0.717) is 29.7 Å². The smallest absolute Gasteiger partial charge is 0.342 e. The Bertz CT molecular complexity index is 896. The van der Waals surface area contributed by atoms with Gasteiger partial charge in [0.15, 0.2) is 0 Å². The van der Waals surface area contributed by atoms with E-state index in [1.807, 2.05) is 19.9 Å². The van der Waals surface area contributed by atoms with Gasteiger partial charge in [0, 0.05) is 17.5 Å². The number of benzene rings is 1. The molecule has 0 amide bonds. The van der Waals surface area contributed by atoms with Gasteiger partial charge in [0.1, 0.15) is 48.1 Å². The number of phenols is 1. The molecule has 0 saturated heterocycles. The van der Waals surface area contributed by atoms with E-state index in [-0.39, 0.29) is 24.3 Å². The topological polar surface area (TPSA) is 214 Å². The highest BCUT2D eigenvalue weighted by atomic mass is 16.5. The SMILES string of the molecule is COc1c(C)c2c(c(O)c1C/C=C(\C)CCC(=O)O)C(=O)OC2.OC[C@@H](O)[C@@H](O)[C@H](O)[C@H](O)CO. The standard InChI is InChI=1S/C17H20O6.C6H14O6/c1-9(5-7-13(18)19)4-6-11-15(20)14-12(8-23-17(14)21)10(2)16(11)22-3;7-1-3(9)5(11)6(12)4(10)2-8/h4,20H,5-8H2,1-3H3,(H,18,19);3-12H,1-2H2/b9-4+;/t;3-,4-,5-,6-/m.1/s1. The van der Waals surface area contributed by atoms with E-state index in [1.165, 1.54) is 7.11 Å². The molecule has 1 aliphatic rings. The first-order valence-electron chi connectivity index (χ1n) is 10.8. The number of phenolic OH excluding ortho intramolecular Hbond substituents is 1. The summed E-state index contributed by atoms with van der Waals surface area (Å²) in [6, 6.07) is 0. The van der Waals surface area contributed by atoms with Gasteiger partial charge in [-0.2, -0.15) is 0 Å². The normalized spacial score (nSPS) is 16.4. The summed E-state index contributed by atoms with van der Waals surface area (Å²) in [4.78, 5) is 22.4. The van der Waals surface area contributed by atoms with Gasteiger partial charge in [0.2, 0.25) is 0 Å². The molecular formula is C23H34O12. The lowest BCUT2D eigenvalue weighted by atomic mass is 9.94. The van der Waals surface area contributed by atoms with E-state index in [0.717, 1.165) is 11.1 Å². The molecule has 0 unspecified atom stereocenters. The molecular weight excluding hydrogens is 468 g/mol. The summed E-state index contributed by atoms with van der Waals surface area (Å²) in [6.45, 7) is 2.34. The molecule has 0 fully saturated rings. The number of rotatable bonds is 11. The Morgan fingerprint density at radius 1 is 1.09 bits per heavy atom. The van der Waals surface area contributed by atoms with Gasteiger partial charge in [-0.05, 0) is 32.3 Å². The first kappa shape index (κ1) is 30.3. The quantitative estimate of drug-likeness (QED) is 0.137. The minimum Gasteiger partial charge on any atom is -0.507 e. The van der Waals surface area contributed by atoms with Gasteiger partial charge >= 0.3 is 11.9 Å². The number of carboxylic acid groups (broad SMARTS) is 1. The van der Waals surface area contributed by atoms with Gasteiger partial charge in [-0.1, -0.05) is 11.6 Å². The Kier molecular flexibility index (Phi) is 12.1. The molecule has 1 aromatic rings. The average Bonchev–Trinajstić information content (AvgIpc) is 3.24. The van der Waals surface area contributed by atoms with Crippen LogP contribution < -0.4 is 4.74 Å². The lowest BCUT2D eigenvalue weighted by Gasteiger charge is -2.24.